The molecule has 0 spiro atoms. The van der Waals surface area contributed by atoms with Gasteiger partial charge in [0.1, 0.15) is 5.82 Å². The molecule has 106 valence electrons. The number of nitrogen functional groups attached to an aromatic ring is 1. The van der Waals surface area contributed by atoms with E-state index >= 15 is 0 Å². The number of benzene rings is 1. The van der Waals surface area contributed by atoms with E-state index in [9.17, 15) is 12.8 Å². The zero-order chi connectivity index (χ0) is 14.2. The van der Waals surface area contributed by atoms with Crippen LogP contribution in [0.1, 0.15) is 6.92 Å². The molecule has 1 fully saturated rings. The maximum atomic E-state index is 13.3. The molecule has 1 aromatic carbocycles. The van der Waals surface area contributed by atoms with Crippen molar-refractivity contribution in [1.29, 1.82) is 0 Å². The van der Waals surface area contributed by atoms with Crippen LogP contribution in [-0.2, 0) is 10.0 Å². The summed E-state index contributed by atoms with van der Waals surface area (Å²) in [5.41, 5.74) is 5.62. The Hall–Kier alpha value is -1.18. The molecule has 2 N–H and O–H groups in total. The van der Waals surface area contributed by atoms with Gasteiger partial charge in [-0.1, -0.05) is 0 Å². The lowest BCUT2D eigenvalue weighted by atomic mass is 10.2. The minimum Gasteiger partial charge on any atom is -0.399 e. The van der Waals surface area contributed by atoms with Gasteiger partial charge in [-0.3, -0.25) is 0 Å². The lowest BCUT2D eigenvalue weighted by Gasteiger charge is -2.37. The summed E-state index contributed by atoms with van der Waals surface area (Å²) in [4.78, 5) is 1.98. The van der Waals surface area contributed by atoms with E-state index in [-0.39, 0.29) is 16.6 Å². The summed E-state index contributed by atoms with van der Waals surface area (Å²) in [6.45, 7) is 3.56. The van der Waals surface area contributed by atoms with Gasteiger partial charge < -0.3 is 10.6 Å². The van der Waals surface area contributed by atoms with Gasteiger partial charge in [-0.15, -0.1) is 0 Å². The molecule has 1 atom stereocenters. The van der Waals surface area contributed by atoms with Crippen LogP contribution in [0.25, 0.3) is 0 Å². The Bertz CT molecular complexity index is 556. The minimum atomic E-state index is -3.69. The molecule has 0 aromatic heterocycles. The maximum absolute atomic E-state index is 13.3. The lowest BCUT2D eigenvalue weighted by Crippen LogP contribution is -2.52. The summed E-state index contributed by atoms with van der Waals surface area (Å²) >= 11 is 0. The molecule has 5 nitrogen and oxygen atoms in total. The summed E-state index contributed by atoms with van der Waals surface area (Å²) in [7, 11) is -1.75. The van der Waals surface area contributed by atoms with Crippen LogP contribution in [0, 0.1) is 5.82 Å². The first-order valence-electron chi connectivity index (χ1n) is 6.07. The van der Waals surface area contributed by atoms with Crippen LogP contribution in [0.5, 0.6) is 0 Å². The first-order chi connectivity index (χ1) is 8.80. The van der Waals surface area contributed by atoms with Gasteiger partial charge in [-0.25, -0.2) is 12.8 Å². The van der Waals surface area contributed by atoms with Gasteiger partial charge in [0.2, 0.25) is 10.0 Å². The van der Waals surface area contributed by atoms with E-state index in [1.54, 1.807) is 0 Å². The average molecular weight is 287 g/mol. The molecule has 1 unspecified atom stereocenters. The fraction of sp³-hybridized carbons (Fsp3) is 0.500. The van der Waals surface area contributed by atoms with Crippen LogP contribution in [-0.4, -0.2) is 50.3 Å². The van der Waals surface area contributed by atoms with Gasteiger partial charge in [0, 0.05) is 31.4 Å². The molecule has 0 saturated carbocycles. The molecule has 1 aromatic rings. The van der Waals surface area contributed by atoms with Crippen LogP contribution in [0.3, 0.4) is 0 Å². The van der Waals surface area contributed by atoms with Crippen molar-refractivity contribution < 1.29 is 12.8 Å². The van der Waals surface area contributed by atoms with E-state index in [1.807, 2.05) is 14.0 Å². The predicted octanol–water partition coefficient (Wildman–Crippen LogP) is 0.733. The zero-order valence-electron chi connectivity index (χ0n) is 11.0. The number of nitrogens with zero attached hydrogens (tertiary/aromatic N) is 2. The van der Waals surface area contributed by atoms with Crippen molar-refractivity contribution in [2.75, 3.05) is 32.4 Å². The zero-order valence-corrected chi connectivity index (χ0v) is 11.8. The lowest BCUT2D eigenvalue weighted by molar-refractivity contribution is 0.170. The van der Waals surface area contributed by atoms with Crippen LogP contribution in [0.15, 0.2) is 23.1 Å². The number of piperazine rings is 1. The number of anilines is 1. The Labute approximate surface area is 112 Å². The molecule has 0 radical (unpaired) electrons. The van der Waals surface area contributed by atoms with Crippen molar-refractivity contribution in [3.63, 3.8) is 0 Å². The predicted molar refractivity (Wildman–Crippen MR) is 71.7 cm³/mol. The second kappa shape index (κ2) is 5.07. The summed E-state index contributed by atoms with van der Waals surface area (Å²) in [6.07, 6.45) is 0. The van der Waals surface area contributed by atoms with Gasteiger partial charge in [0.15, 0.2) is 0 Å². The molecule has 1 saturated heterocycles. The number of sulfonamides is 1. The van der Waals surface area contributed by atoms with E-state index in [4.69, 9.17) is 5.73 Å². The highest BCUT2D eigenvalue weighted by atomic mass is 32.2. The molecule has 1 heterocycles. The topological polar surface area (TPSA) is 66.6 Å². The smallest absolute Gasteiger partial charge is 0.243 e. The van der Waals surface area contributed by atoms with Crippen LogP contribution in [0.4, 0.5) is 10.1 Å². The number of hydrogen-bond acceptors (Lipinski definition) is 4. The third-order valence-electron chi connectivity index (χ3n) is 3.27. The Kier molecular flexibility index (Phi) is 3.80. The third-order valence-corrected chi connectivity index (χ3v) is 5.26. The quantitative estimate of drug-likeness (QED) is 0.815. The molecule has 0 bridgehead atoms. The monoisotopic (exact) mass is 287 g/mol. The fourth-order valence-corrected chi connectivity index (χ4v) is 4.03. The van der Waals surface area contributed by atoms with Gasteiger partial charge in [-0.05, 0) is 32.2 Å². The normalized spacial score (nSPS) is 22.6. The summed E-state index contributed by atoms with van der Waals surface area (Å²) in [6, 6.07) is 3.26. The largest absolute Gasteiger partial charge is 0.399 e. The first-order valence-corrected chi connectivity index (χ1v) is 7.51. The molecular formula is C12H18FN3O2S. The second-order valence-electron chi connectivity index (χ2n) is 4.95. The van der Waals surface area contributed by atoms with E-state index in [2.05, 4.69) is 4.90 Å². The number of nitrogens with two attached hydrogens (primary N) is 1. The Morgan fingerprint density at radius 1 is 1.32 bits per heavy atom. The third kappa shape index (κ3) is 2.88. The van der Waals surface area contributed by atoms with E-state index in [0.29, 0.717) is 19.6 Å². The Morgan fingerprint density at radius 3 is 2.58 bits per heavy atom. The highest BCUT2D eigenvalue weighted by Crippen LogP contribution is 2.23. The number of halogens is 1. The number of rotatable bonds is 2. The van der Waals surface area contributed by atoms with E-state index in [1.165, 1.54) is 10.4 Å². The van der Waals surface area contributed by atoms with Crippen molar-refractivity contribution in [3.05, 3.63) is 24.0 Å². The van der Waals surface area contributed by atoms with Gasteiger partial charge in [0.05, 0.1) is 4.90 Å². The van der Waals surface area contributed by atoms with Crippen molar-refractivity contribution in [2.45, 2.75) is 17.9 Å². The highest BCUT2D eigenvalue weighted by Gasteiger charge is 2.32. The average Bonchev–Trinajstić information content (AvgIpc) is 2.26. The molecule has 7 heteroatoms. The molecule has 0 amide bonds. The maximum Gasteiger partial charge on any atom is 0.243 e. The fourth-order valence-electron chi connectivity index (χ4n) is 2.35. The van der Waals surface area contributed by atoms with Crippen molar-refractivity contribution in [1.82, 2.24) is 9.21 Å². The van der Waals surface area contributed by atoms with E-state index in [0.717, 1.165) is 12.1 Å². The Morgan fingerprint density at radius 2 is 2.00 bits per heavy atom. The molecule has 0 aliphatic carbocycles. The Balaban J connectivity index is 2.36. The van der Waals surface area contributed by atoms with Crippen molar-refractivity contribution in [3.8, 4) is 0 Å². The summed E-state index contributed by atoms with van der Waals surface area (Å²) in [5, 5.41) is 0. The molecule has 2 rings (SSSR count). The summed E-state index contributed by atoms with van der Waals surface area (Å²) < 4.78 is 39.7. The van der Waals surface area contributed by atoms with Crippen molar-refractivity contribution in [2.24, 2.45) is 0 Å². The molecule has 1 aliphatic heterocycles. The van der Waals surface area contributed by atoms with Gasteiger partial charge >= 0.3 is 0 Å². The second-order valence-corrected chi connectivity index (χ2v) is 6.84. The van der Waals surface area contributed by atoms with Crippen LogP contribution in [0.2, 0.25) is 0 Å². The van der Waals surface area contributed by atoms with Crippen molar-refractivity contribution >= 4 is 15.7 Å². The van der Waals surface area contributed by atoms with Crippen LogP contribution < -0.4 is 5.73 Å². The first kappa shape index (κ1) is 14.2. The highest BCUT2D eigenvalue weighted by molar-refractivity contribution is 7.89. The SMILES string of the molecule is CC1CN(C)CCN1S(=O)(=O)c1cc(N)cc(F)c1. The molecule has 1 aliphatic rings. The number of hydrogen-bond donors (Lipinski definition) is 1. The molecular weight excluding hydrogens is 269 g/mol. The minimum absolute atomic E-state index is 0.0820. The molecule has 19 heavy (non-hydrogen) atoms. The standard InChI is InChI=1S/C12H18FN3O2S/c1-9-8-15(2)3-4-16(9)19(17,18)12-6-10(13)5-11(14)7-12/h5-7,9H,3-4,8,14H2,1-2H3. The summed E-state index contributed by atoms with van der Waals surface area (Å²) in [5.74, 6) is -0.639. The van der Waals surface area contributed by atoms with Gasteiger partial charge in [-0.2, -0.15) is 4.31 Å². The van der Waals surface area contributed by atoms with Gasteiger partial charge in [0.25, 0.3) is 0 Å². The number of likely N-dealkylation sites (N-methyl/N-ethyl adjacent to an activating group) is 1. The van der Waals surface area contributed by atoms with Crippen LogP contribution >= 0.6 is 0 Å². The van der Waals surface area contributed by atoms with E-state index < -0.39 is 15.8 Å².